The van der Waals surface area contributed by atoms with E-state index >= 15 is 0 Å². The van der Waals surface area contributed by atoms with E-state index in [2.05, 4.69) is 0 Å². The molecule has 0 aliphatic heterocycles. The molecule has 0 heterocycles. The molecule has 2 unspecified atom stereocenters. The van der Waals surface area contributed by atoms with Crippen molar-refractivity contribution < 1.29 is 23.4 Å². The zero-order valence-electron chi connectivity index (χ0n) is 12.2. The number of sulfone groups is 1. The monoisotopic (exact) mass is 346 g/mol. The van der Waals surface area contributed by atoms with Gasteiger partial charge in [0.25, 0.3) is 0 Å². The van der Waals surface area contributed by atoms with E-state index in [1.165, 1.54) is 18.2 Å². The highest BCUT2D eigenvalue weighted by Gasteiger charge is 2.30. The lowest BCUT2D eigenvalue weighted by molar-refractivity contribution is -0.139. The van der Waals surface area contributed by atoms with E-state index in [9.17, 15) is 23.4 Å². The first-order valence-corrected chi connectivity index (χ1v) is 9.35. The fourth-order valence-corrected chi connectivity index (χ4v) is 4.35. The molecular formula is C15H19ClO5S. The molecule has 1 aliphatic carbocycles. The fourth-order valence-electron chi connectivity index (χ4n) is 3.01. The van der Waals surface area contributed by atoms with Gasteiger partial charge in [0.15, 0.2) is 9.84 Å². The van der Waals surface area contributed by atoms with Crippen LogP contribution in [0.25, 0.3) is 0 Å². The van der Waals surface area contributed by atoms with Crippen molar-refractivity contribution in [1.82, 2.24) is 0 Å². The fraction of sp³-hybridized carbons (Fsp3) is 0.533. The van der Waals surface area contributed by atoms with Gasteiger partial charge in [-0.2, -0.15) is 0 Å². The number of aliphatic carboxylic acids is 1. The summed E-state index contributed by atoms with van der Waals surface area (Å²) in [6.07, 6.45) is 3.24. The highest BCUT2D eigenvalue weighted by atomic mass is 35.5. The van der Waals surface area contributed by atoms with Gasteiger partial charge in [-0.1, -0.05) is 17.7 Å². The quantitative estimate of drug-likeness (QED) is 0.854. The summed E-state index contributed by atoms with van der Waals surface area (Å²) in [6, 6.07) is 4.28. The van der Waals surface area contributed by atoms with E-state index in [1.807, 2.05) is 0 Å². The summed E-state index contributed by atoms with van der Waals surface area (Å²) >= 11 is 5.99. The van der Waals surface area contributed by atoms with Crippen LogP contribution < -0.4 is 0 Å². The van der Waals surface area contributed by atoms with Crippen molar-refractivity contribution >= 4 is 27.4 Å². The highest BCUT2D eigenvalue weighted by Crippen LogP contribution is 2.36. The minimum atomic E-state index is -3.44. The van der Waals surface area contributed by atoms with Gasteiger partial charge in [-0.25, -0.2) is 8.42 Å². The van der Waals surface area contributed by atoms with Crippen molar-refractivity contribution in [2.75, 3.05) is 6.26 Å². The summed E-state index contributed by atoms with van der Waals surface area (Å²) in [7, 11) is -3.44. The topological polar surface area (TPSA) is 91.7 Å². The molecule has 0 bridgehead atoms. The Bertz CT molecular complexity index is 671. The van der Waals surface area contributed by atoms with Gasteiger partial charge in [0.2, 0.25) is 0 Å². The number of rotatable bonds is 5. The normalized spacial score (nSPS) is 23.4. The van der Waals surface area contributed by atoms with Gasteiger partial charge in [-0.3, -0.25) is 4.79 Å². The Kier molecular flexibility index (Phi) is 5.14. The van der Waals surface area contributed by atoms with Gasteiger partial charge < -0.3 is 10.2 Å². The number of hydrogen-bond donors (Lipinski definition) is 2. The first-order chi connectivity index (χ1) is 10.2. The van der Waals surface area contributed by atoms with E-state index in [0.29, 0.717) is 24.8 Å². The largest absolute Gasteiger partial charge is 0.481 e. The van der Waals surface area contributed by atoms with Gasteiger partial charge in [-0.15, -0.1) is 0 Å². The Hall–Kier alpha value is -1.11. The summed E-state index contributed by atoms with van der Waals surface area (Å²) < 4.78 is 23.1. The molecule has 2 N–H and O–H groups in total. The molecule has 22 heavy (non-hydrogen) atoms. The van der Waals surface area contributed by atoms with Crippen molar-refractivity contribution in [3.05, 3.63) is 28.8 Å². The van der Waals surface area contributed by atoms with Gasteiger partial charge in [0.1, 0.15) is 0 Å². The van der Waals surface area contributed by atoms with Crippen LogP contribution in [0.4, 0.5) is 0 Å². The van der Waals surface area contributed by atoms with E-state index in [1.54, 1.807) is 0 Å². The zero-order chi connectivity index (χ0) is 16.5. The predicted molar refractivity (Wildman–Crippen MR) is 82.9 cm³/mol. The van der Waals surface area contributed by atoms with Gasteiger partial charge in [-0.05, 0) is 49.3 Å². The Morgan fingerprint density at radius 3 is 2.55 bits per heavy atom. The number of halogens is 1. The average molecular weight is 347 g/mol. The minimum absolute atomic E-state index is 0.00153. The Morgan fingerprint density at radius 2 is 2.09 bits per heavy atom. The molecular weight excluding hydrogens is 328 g/mol. The van der Waals surface area contributed by atoms with Crippen LogP contribution in [0, 0.1) is 5.92 Å². The molecule has 1 saturated carbocycles. The van der Waals surface area contributed by atoms with Gasteiger partial charge in [0.05, 0.1) is 21.9 Å². The molecule has 1 aliphatic rings. The van der Waals surface area contributed by atoms with Crippen molar-refractivity contribution in [2.45, 2.75) is 42.6 Å². The second-order valence-electron chi connectivity index (χ2n) is 5.92. The van der Waals surface area contributed by atoms with Crippen molar-refractivity contribution in [2.24, 2.45) is 5.92 Å². The van der Waals surface area contributed by atoms with Crippen molar-refractivity contribution in [3.8, 4) is 0 Å². The maximum Gasteiger partial charge on any atom is 0.310 e. The second-order valence-corrected chi connectivity index (χ2v) is 8.31. The molecule has 0 saturated heterocycles. The first kappa shape index (κ1) is 17.2. The molecule has 1 fully saturated rings. The lowest BCUT2D eigenvalue weighted by Gasteiger charge is -2.18. The number of carbonyl (C=O) groups is 1. The van der Waals surface area contributed by atoms with E-state index in [0.717, 1.165) is 12.7 Å². The first-order valence-electron chi connectivity index (χ1n) is 7.09. The standard InChI is InChI=1S/C15H19ClO5S/c1-22(20,21)14-5-3-10(8-13(14)16)12(15(18)19)7-9-2-4-11(17)6-9/h3,5,8-9,11-12,17H,2,4,6-7H2,1H3,(H,18,19)/t9?,11?,12-/m1/s1. The van der Waals surface area contributed by atoms with Gasteiger partial charge >= 0.3 is 5.97 Å². The number of hydrogen-bond acceptors (Lipinski definition) is 4. The van der Waals surface area contributed by atoms with Crippen molar-refractivity contribution in [3.63, 3.8) is 0 Å². The van der Waals surface area contributed by atoms with Crippen LogP contribution in [-0.2, 0) is 14.6 Å². The maximum atomic E-state index is 11.6. The molecule has 7 heteroatoms. The summed E-state index contributed by atoms with van der Waals surface area (Å²) in [5.74, 6) is -1.56. The third-order valence-corrected chi connectivity index (χ3v) is 5.72. The summed E-state index contributed by atoms with van der Waals surface area (Å²) in [5.41, 5.74) is 0.492. The molecule has 2 rings (SSSR count). The van der Waals surface area contributed by atoms with Gasteiger partial charge in [0, 0.05) is 6.26 Å². The number of carboxylic acid groups (broad SMARTS) is 1. The van der Waals surface area contributed by atoms with Crippen LogP contribution in [0.3, 0.4) is 0 Å². The van der Waals surface area contributed by atoms with Crippen LogP contribution in [0.15, 0.2) is 23.1 Å². The van der Waals surface area contributed by atoms with Crippen LogP contribution in [-0.4, -0.2) is 37.0 Å². The molecule has 0 amide bonds. The zero-order valence-corrected chi connectivity index (χ0v) is 13.8. The third-order valence-electron chi connectivity index (χ3n) is 4.14. The Balaban J connectivity index is 2.26. The lowest BCUT2D eigenvalue weighted by atomic mass is 9.88. The average Bonchev–Trinajstić information content (AvgIpc) is 2.79. The Morgan fingerprint density at radius 1 is 1.41 bits per heavy atom. The molecule has 5 nitrogen and oxygen atoms in total. The Labute approximate surface area is 134 Å². The SMILES string of the molecule is CS(=O)(=O)c1ccc([C@@H](CC2CCC(O)C2)C(=O)O)cc1Cl. The van der Waals surface area contributed by atoms with E-state index in [-0.39, 0.29) is 21.9 Å². The lowest BCUT2D eigenvalue weighted by Crippen LogP contribution is -2.16. The summed E-state index contributed by atoms with van der Waals surface area (Å²) in [5, 5.41) is 19.0. The molecule has 0 aromatic heterocycles. The maximum absolute atomic E-state index is 11.6. The van der Waals surface area contributed by atoms with E-state index in [4.69, 9.17) is 11.6 Å². The molecule has 3 atom stereocenters. The highest BCUT2D eigenvalue weighted by molar-refractivity contribution is 7.90. The number of carboxylic acids is 1. The molecule has 0 spiro atoms. The second kappa shape index (κ2) is 6.56. The van der Waals surface area contributed by atoms with Crippen LogP contribution in [0.5, 0.6) is 0 Å². The number of aliphatic hydroxyl groups is 1. The van der Waals surface area contributed by atoms with Crippen molar-refractivity contribution in [1.29, 1.82) is 0 Å². The molecule has 1 aromatic carbocycles. The predicted octanol–water partition coefficient (Wildman–Crippen LogP) is 2.46. The smallest absolute Gasteiger partial charge is 0.310 e. The molecule has 1 aromatic rings. The van der Waals surface area contributed by atoms with Crippen LogP contribution in [0.1, 0.15) is 37.2 Å². The van der Waals surface area contributed by atoms with E-state index < -0.39 is 21.7 Å². The molecule has 0 radical (unpaired) electrons. The minimum Gasteiger partial charge on any atom is -0.481 e. The van der Waals surface area contributed by atoms with Crippen LogP contribution in [0.2, 0.25) is 5.02 Å². The number of benzene rings is 1. The third kappa shape index (κ3) is 4.00. The summed E-state index contributed by atoms with van der Waals surface area (Å²) in [4.78, 5) is 11.5. The molecule has 122 valence electrons. The summed E-state index contributed by atoms with van der Waals surface area (Å²) in [6.45, 7) is 0. The number of aliphatic hydroxyl groups excluding tert-OH is 1. The van der Waals surface area contributed by atoms with Crippen LogP contribution >= 0.6 is 11.6 Å².